The number of carboxylic acid groups (broad SMARTS) is 1. The molecule has 0 aliphatic carbocycles. The molecule has 13 nitrogen and oxygen atoms in total. The number of thioether (sulfide) groups is 2. The Hall–Kier alpha value is -2.89. The molecule has 2 aromatic heterocycles. The molecule has 1 saturated heterocycles. The first-order valence-corrected chi connectivity index (χ1v) is 13.3. The Labute approximate surface area is 208 Å². The van der Waals surface area contributed by atoms with Crippen LogP contribution in [0.25, 0.3) is 0 Å². The second-order valence-electron chi connectivity index (χ2n) is 7.08. The minimum absolute atomic E-state index is 0.0907. The predicted octanol–water partition coefficient (Wildman–Crippen LogP) is 0.126. The number of hydrogen-bond donors (Lipinski definition) is 5. The van der Waals surface area contributed by atoms with E-state index in [0.29, 0.717) is 21.4 Å². The molecule has 2 aliphatic heterocycles. The van der Waals surface area contributed by atoms with Crippen LogP contribution in [0.2, 0.25) is 0 Å². The smallest absolute Gasteiger partial charge is 0.352 e. The van der Waals surface area contributed by atoms with Gasteiger partial charge in [0.05, 0.1) is 5.69 Å². The van der Waals surface area contributed by atoms with E-state index in [1.54, 1.807) is 0 Å². The van der Waals surface area contributed by atoms with E-state index < -0.39 is 41.3 Å². The summed E-state index contributed by atoms with van der Waals surface area (Å²) in [6.07, 6.45) is 0. The fourth-order valence-electron chi connectivity index (χ4n) is 3.37. The van der Waals surface area contributed by atoms with Crippen molar-refractivity contribution in [3.63, 3.8) is 0 Å². The quantitative estimate of drug-likeness (QED) is 0.224. The summed E-state index contributed by atoms with van der Waals surface area (Å²) in [6, 6.07) is -3.18. The van der Waals surface area contributed by atoms with Gasteiger partial charge in [-0.1, -0.05) is 23.1 Å². The van der Waals surface area contributed by atoms with E-state index in [9.17, 15) is 24.3 Å². The highest BCUT2D eigenvalue weighted by Gasteiger charge is 2.54. The number of carbonyl (C=O) groups excluding carboxylic acids is 3. The van der Waals surface area contributed by atoms with Crippen LogP contribution in [-0.2, 0) is 14.4 Å². The number of aryl methyl sites for hydroxylation is 1. The molecule has 0 radical (unpaired) electrons. The highest BCUT2D eigenvalue weighted by Crippen LogP contribution is 2.42. The van der Waals surface area contributed by atoms with Gasteiger partial charge in [0.2, 0.25) is 5.91 Å². The Kier molecular flexibility index (Phi) is 6.96. The molecule has 1 unspecified atom stereocenters. The number of thiazole rings is 1. The molecule has 0 spiro atoms. The Bertz CT molecular complexity index is 1200. The fourth-order valence-corrected chi connectivity index (χ4v) is 7.25. The van der Waals surface area contributed by atoms with E-state index in [-0.39, 0.29) is 16.5 Å². The van der Waals surface area contributed by atoms with Gasteiger partial charge in [0.15, 0.2) is 15.5 Å². The van der Waals surface area contributed by atoms with Crippen LogP contribution in [0.5, 0.6) is 0 Å². The first-order chi connectivity index (χ1) is 16.2. The summed E-state index contributed by atoms with van der Waals surface area (Å²) in [5, 5.41) is 24.5. The number of urea groups is 1. The Morgan fingerprint density at radius 1 is 1.38 bits per heavy atom. The number of aliphatic carboxylic acids is 1. The fraction of sp³-hybridized carbons (Fsp3) is 0.353. The SMILES string of the molecule is Cc1nnc(SCC2=C(C(=O)O)N3C(=O)[C@H](NC(=O)C(NC(N)=O)c4csc(N)n4)[C@@H]3SC2)s1. The molecule has 17 heteroatoms. The van der Waals surface area contributed by atoms with Crippen molar-refractivity contribution in [2.75, 3.05) is 17.2 Å². The van der Waals surface area contributed by atoms with Crippen LogP contribution < -0.4 is 22.1 Å². The number of nitrogens with one attached hydrogen (secondary N) is 2. The van der Waals surface area contributed by atoms with Crippen molar-refractivity contribution in [2.24, 2.45) is 5.73 Å². The normalized spacial score (nSPS) is 20.4. The highest BCUT2D eigenvalue weighted by atomic mass is 32.2. The monoisotopic (exact) mass is 542 g/mol. The zero-order valence-corrected chi connectivity index (χ0v) is 20.6. The van der Waals surface area contributed by atoms with Crippen LogP contribution in [-0.4, -0.2) is 71.9 Å². The minimum Gasteiger partial charge on any atom is -0.477 e. The average Bonchev–Trinajstić information content (AvgIpc) is 3.40. The van der Waals surface area contributed by atoms with E-state index in [1.807, 2.05) is 6.92 Å². The van der Waals surface area contributed by atoms with Crippen LogP contribution in [0.1, 0.15) is 16.7 Å². The number of carbonyl (C=O) groups is 4. The van der Waals surface area contributed by atoms with Gasteiger partial charge in [-0.15, -0.1) is 33.3 Å². The Balaban J connectivity index is 1.48. The summed E-state index contributed by atoms with van der Waals surface area (Å²) in [5.41, 5.74) is 11.5. The van der Waals surface area contributed by atoms with Gasteiger partial charge in [0.1, 0.15) is 22.1 Å². The van der Waals surface area contributed by atoms with Crippen LogP contribution in [0.15, 0.2) is 21.0 Å². The number of nitrogen functional groups attached to an aromatic ring is 1. The van der Waals surface area contributed by atoms with Crippen molar-refractivity contribution in [3.05, 3.63) is 27.4 Å². The van der Waals surface area contributed by atoms with E-state index in [1.165, 1.54) is 45.1 Å². The zero-order chi connectivity index (χ0) is 24.6. The summed E-state index contributed by atoms with van der Waals surface area (Å²) < 4.78 is 0.706. The number of β-lactam (4-membered cyclic amide) rings is 1. The third-order valence-electron chi connectivity index (χ3n) is 4.81. The van der Waals surface area contributed by atoms with Gasteiger partial charge < -0.3 is 27.2 Å². The highest BCUT2D eigenvalue weighted by molar-refractivity contribution is 8.01. The Morgan fingerprint density at radius 2 is 2.15 bits per heavy atom. The van der Waals surface area contributed by atoms with Gasteiger partial charge in [0.25, 0.3) is 5.91 Å². The van der Waals surface area contributed by atoms with Crippen molar-refractivity contribution in [1.82, 2.24) is 30.7 Å². The lowest BCUT2D eigenvalue weighted by atomic mass is 10.0. The molecule has 4 rings (SSSR count). The summed E-state index contributed by atoms with van der Waals surface area (Å²) in [6.45, 7) is 1.82. The average molecular weight is 543 g/mol. The van der Waals surface area contributed by atoms with E-state index >= 15 is 0 Å². The summed E-state index contributed by atoms with van der Waals surface area (Å²) in [5.74, 6) is -1.80. The second-order valence-corrected chi connectivity index (χ2v) is 11.5. The number of aromatic nitrogens is 3. The van der Waals surface area contributed by atoms with Gasteiger partial charge >= 0.3 is 12.0 Å². The topological polar surface area (TPSA) is 207 Å². The van der Waals surface area contributed by atoms with Crippen molar-refractivity contribution in [3.8, 4) is 0 Å². The second kappa shape index (κ2) is 9.77. The maximum absolute atomic E-state index is 12.9. The molecule has 180 valence electrons. The number of fused-ring (bicyclic) bond motifs is 1. The number of amides is 4. The number of hydrogen-bond acceptors (Lipinski definition) is 12. The van der Waals surface area contributed by atoms with Crippen molar-refractivity contribution >= 4 is 75.1 Å². The van der Waals surface area contributed by atoms with Gasteiger partial charge in [-0.2, -0.15) is 0 Å². The molecule has 0 saturated carbocycles. The Morgan fingerprint density at radius 3 is 2.74 bits per heavy atom. The number of nitrogens with two attached hydrogens (primary N) is 2. The summed E-state index contributed by atoms with van der Waals surface area (Å²) in [4.78, 5) is 54.3. The van der Waals surface area contributed by atoms with Crippen molar-refractivity contribution in [2.45, 2.75) is 28.7 Å². The van der Waals surface area contributed by atoms with Crippen LogP contribution in [0, 0.1) is 6.92 Å². The van der Waals surface area contributed by atoms with Crippen LogP contribution in [0.4, 0.5) is 9.93 Å². The number of primary amides is 1. The standard InChI is InChI=1S/C17H18N8O5S4/c1-5-23-24-17(34-5)33-3-6-2-31-13-9(12(27)25(13)10(6)14(28)29)21-11(26)8(22-15(18)30)7-4-32-16(19)20-7/h4,8-9,13H,2-3H2,1H3,(H2,19,20)(H,21,26)(H,28,29)(H3,18,22,30)/t8?,9-,13-/m0/s1. The van der Waals surface area contributed by atoms with Crippen molar-refractivity contribution in [1.29, 1.82) is 0 Å². The van der Waals surface area contributed by atoms with E-state index in [0.717, 1.165) is 16.3 Å². The molecule has 4 amide bonds. The number of anilines is 1. The summed E-state index contributed by atoms with van der Waals surface area (Å²) >= 11 is 5.17. The molecule has 34 heavy (non-hydrogen) atoms. The minimum atomic E-state index is -1.25. The first kappa shape index (κ1) is 24.2. The molecular formula is C17H18N8O5S4. The predicted molar refractivity (Wildman–Crippen MR) is 127 cm³/mol. The van der Waals surface area contributed by atoms with Crippen LogP contribution in [0.3, 0.4) is 0 Å². The van der Waals surface area contributed by atoms with Crippen LogP contribution >= 0.6 is 46.2 Å². The maximum Gasteiger partial charge on any atom is 0.352 e. The van der Waals surface area contributed by atoms with Gasteiger partial charge in [-0.05, 0) is 12.5 Å². The third-order valence-corrected chi connectivity index (χ3v) is 8.90. The van der Waals surface area contributed by atoms with Gasteiger partial charge in [-0.25, -0.2) is 14.6 Å². The maximum atomic E-state index is 12.9. The van der Waals surface area contributed by atoms with E-state index in [2.05, 4.69) is 25.8 Å². The molecule has 0 bridgehead atoms. The zero-order valence-electron chi connectivity index (χ0n) is 17.4. The number of rotatable bonds is 8. The molecule has 0 aromatic carbocycles. The largest absolute Gasteiger partial charge is 0.477 e. The molecular weight excluding hydrogens is 525 g/mol. The lowest BCUT2D eigenvalue weighted by Gasteiger charge is -2.49. The number of carboxylic acids is 1. The van der Waals surface area contributed by atoms with Gasteiger partial charge in [-0.3, -0.25) is 14.5 Å². The summed E-state index contributed by atoms with van der Waals surface area (Å²) in [7, 11) is 0. The third kappa shape index (κ3) is 4.82. The lowest BCUT2D eigenvalue weighted by Crippen LogP contribution is -2.71. The molecule has 4 heterocycles. The lowest BCUT2D eigenvalue weighted by molar-refractivity contribution is -0.151. The molecule has 1 fully saturated rings. The molecule has 2 aliphatic rings. The van der Waals surface area contributed by atoms with Gasteiger partial charge in [0, 0.05) is 16.9 Å². The van der Waals surface area contributed by atoms with Crippen molar-refractivity contribution < 1.29 is 24.3 Å². The first-order valence-electron chi connectivity index (χ1n) is 9.56. The molecule has 7 N–H and O–H groups in total. The number of nitrogens with zero attached hydrogens (tertiary/aromatic N) is 4. The molecule has 3 atom stereocenters. The van der Waals surface area contributed by atoms with E-state index in [4.69, 9.17) is 11.5 Å². The molecule has 2 aromatic rings.